The molecule has 0 saturated heterocycles. The lowest BCUT2D eigenvalue weighted by atomic mass is 9.88. The minimum absolute atomic E-state index is 0.0840. The van der Waals surface area contributed by atoms with E-state index in [9.17, 15) is 23.1 Å². The molecule has 1 aliphatic heterocycles. The Kier molecular flexibility index (Phi) is 2.58. The predicted molar refractivity (Wildman–Crippen MR) is 64.1 cm³/mol. The zero-order valence-electron chi connectivity index (χ0n) is 10.3. The molecule has 1 aliphatic carbocycles. The highest BCUT2D eigenvalue weighted by Gasteiger charge is 2.75. The molecule has 1 saturated carbocycles. The summed E-state index contributed by atoms with van der Waals surface area (Å²) in [6, 6.07) is 3.00. The molecule has 7 heteroatoms. The van der Waals surface area contributed by atoms with Gasteiger partial charge in [0.1, 0.15) is 11.2 Å². The van der Waals surface area contributed by atoms with Crippen LogP contribution in [-0.4, -0.2) is 23.4 Å². The van der Waals surface area contributed by atoms with Crippen molar-refractivity contribution in [2.24, 2.45) is 5.41 Å². The van der Waals surface area contributed by atoms with Crippen LogP contribution in [-0.2, 0) is 4.79 Å². The van der Waals surface area contributed by atoms with E-state index < -0.39 is 29.6 Å². The van der Waals surface area contributed by atoms with Gasteiger partial charge < -0.3 is 9.84 Å². The molecule has 2 aliphatic rings. The fraction of sp³-hybridized carbons (Fsp3) is 0.462. The van der Waals surface area contributed by atoms with E-state index in [2.05, 4.69) is 0 Å². The fourth-order valence-electron chi connectivity index (χ4n) is 3.06. The van der Waals surface area contributed by atoms with Crippen molar-refractivity contribution in [3.8, 4) is 5.75 Å². The third-order valence-corrected chi connectivity index (χ3v) is 4.26. The second kappa shape index (κ2) is 3.81. The van der Waals surface area contributed by atoms with Crippen LogP contribution in [0.15, 0.2) is 12.1 Å². The van der Waals surface area contributed by atoms with Crippen LogP contribution in [0, 0.1) is 12.3 Å². The third kappa shape index (κ3) is 1.63. The molecule has 0 bridgehead atoms. The van der Waals surface area contributed by atoms with Gasteiger partial charge in [-0.15, -0.1) is 0 Å². The second-order valence-corrected chi connectivity index (χ2v) is 5.72. The van der Waals surface area contributed by atoms with E-state index in [4.69, 9.17) is 16.3 Å². The Morgan fingerprint density at radius 3 is 2.70 bits per heavy atom. The molecule has 1 N–H and O–H groups in total. The fourth-order valence-corrected chi connectivity index (χ4v) is 3.34. The molecule has 0 amide bonds. The van der Waals surface area contributed by atoms with E-state index in [-0.39, 0.29) is 12.2 Å². The van der Waals surface area contributed by atoms with E-state index in [1.165, 1.54) is 12.1 Å². The third-order valence-electron chi connectivity index (χ3n) is 4.05. The standard InChI is InChI=1S/C13H10ClF3O3/c1-5-2-6(14)3-7-8-4-12(8,11(18)19)10(13(15,16)17)20-9(5)7/h2-3,8,10H,4H2,1H3,(H,18,19)/t8?,10-,12?/m0/s1. The van der Waals surface area contributed by atoms with Crippen LogP contribution >= 0.6 is 11.6 Å². The Labute approximate surface area is 117 Å². The highest BCUT2D eigenvalue weighted by atomic mass is 35.5. The van der Waals surface area contributed by atoms with Gasteiger partial charge in [-0.25, -0.2) is 0 Å². The summed E-state index contributed by atoms with van der Waals surface area (Å²) in [5.74, 6) is -2.07. The van der Waals surface area contributed by atoms with Crippen molar-refractivity contribution < 1.29 is 27.8 Å². The van der Waals surface area contributed by atoms with E-state index in [0.717, 1.165) is 0 Å². The lowest BCUT2D eigenvalue weighted by Crippen LogP contribution is -2.48. The quantitative estimate of drug-likeness (QED) is 0.863. The first-order chi connectivity index (χ1) is 9.18. The summed E-state index contributed by atoms with van der Waals surface area (Å²) >= 11 is 5.89. The van der Waals surface area contributed by atoms with Crippen molar-refractivity contribution in [2.45, 2.75) is 31.5 Å². The van der Waals surface area contributed by atoms with Crippen LogP contribution in [0.3, 0.4) is 0 Å². The summed E-state index contributed by atoms with van der Waals surface area (Å²) in [6.45, 7) is 1.59. The minimum atomic E-state index is -4.73. The molecule has 0 aromatic heterocycles. The smallest absolute Gasteiger partial charge is 0.426 e. The van der Waals surface area contributed by atoms with Gasteiger partial charge in [-0.1, -0.05) is 11.6 Å². The summed E-state index contributed by atoms with van der Waals surface area (Å²) in [5, 5.41) is 9.59. The summed E-state index contributed by atoms with van der Waals surface area (Å²) in [4.78, 5) is 11.3. The number of aryl methyl sites for hydroxylation is 1. The van der Waals surface area contributed by atoms with E-state index in [1.807, 2.05) is 0 Å². The van der Waals surface area contributed by atoms with Crippen molar-refractivity contribution in [1.82, 2.24) is 0 Å². The molecule has 0 radical (unpaired) electrons. The molecule has 3 atom stereocenters. The topological polar surface area (TPSA) is 46.5 Å². The van der Waals surface area contributed by atoms with Gasteiger partial charge >= 0.3 is 12.1 Å². The average Bonchev–Trinajstić information content (AvgIpc) is 3.03. The van der Waals surface area contributed by atoms with Gasteiger partial charge in [0.2, 0.25) is 6.10 Å². The number of rotatable bonds is 1. The number of benzene rings is 1. The van der Waals surface area contributed by atoms with E-state index >= 15 is 0 Å². The SMILES string of the molecule is Cc1cc(Cl)cc2c1O[C@H](C(F)(F)F)C1(C(=O)O)CC21. The number of halogens is 4. The van der Waals surface area contributed by atoms with Crippen molar-refractivity contribution in [3.63, 3.8) is 0 Å². The van der Waals surface area contributed by atoms with Crippen LogP contribution in [0.25, 0.3) is 0 Å². The Morgan fingerprint density at radius 2 is 2.15 bits per heavy atom. The van der Waals surface area contributed by atoms with Crippen molar-refractivity contribution in [2.75, 3.05) is 0 Å². The first kappa shape index (κ1) is 13.5. The van der Waals surface area contributed by atoms with Crippen LogP contribution in [0.2, 0.25) is 5.02 Å². The molecule has 108 valence electrons. The first-order valence-electron chi connectivity index (χ1n) is 5.94. The molecule has 1 aromatic carbocycles. The zero-order valence-corrected chi connectivity index (χ0v) is 11.0. The Bertz CT molecular complexity index is 614. The summed E-state index contributed by atoms with van der Waals surface area (Å²) in [5.41, 5.74) is -0.979. The van der Waals surface area contributed by atoms with Gasteiger partial charge in [0, 0.05) is 16.5 Å². The maximum atomic E-state index is 13.1. The lowest BCUT2D eigenvalue weighted by molar-refractivity contribution is -0.222. The van der Waals surface area contributed by atoms with Crippen molar-refractivity contribution >= 4 is 17.6 Å². The van der Waals surface area contributed by atoms with E-state index in [1.54, 1.807) is 6.92 Å². The molecule has 2 unspecified atom stereocenters. The molecule has 1 heterocycles. The zero-order chi connectivity index (χ0) is 14.9. The van der Waals surface area contributed by atoms with Crippen molar-refractivity contribution in [1.29, 1.82) is 0 Å². The van der Waals surface area contributed by atoms with Gasteiger partial charge in [-0.05, 0) is 31.0 Å². The first-order valence-corrected chi connectivity index (χ1v) is 6.32. The number of carboxylic acids is 1. The van der Waals surface area contributed by atoms with Gasteiger partial charge in [0.25, 0.3) is 0 Å². The molecule has 1 fully saturated rings. The molecule has 3 nitrogen and oxygen atoms in total. The van der Waals surface area contributed by atoms with Gasteiger partial charge in [0.15, 0.2) is 0 Å². The maximum absolute atomic E-state index is 13.1. The van der Waals surface area contributed by atoms with Crippen molar-refractivity contribution in [3.05, 3.63) is 28.3 Å². The number of alkyl halides is 3. The lowest BCUT2D eigenvalue weighted by Gasteiger charge is -2.33. The summed E-state index contributed by atoms with van der Waals surface area (Å²) in [7, 11) is 0. The van der Waals surface area contributed by atoms with Gasteiger partial charge in [0.05, 0.1) is 0 Å². The predicted octanol–water partition coefficient (Wildman–Crippen LogP) is 3.53. The number of hydrogen-bond donors (Lipinski definition) is 1. The normalized spacial score (nSPS) is 31.1. The Hall–Kier alpha value is -1.43. The van der Waals surface area contributed by atoms with E-state index in [0.29, 0.717) is 16.1 Å². The van der Waals surface area contributed by atoms with Gasteiger partial charge in [-0.3, -0.25) is 4.79 Å². The molecule has 3 rings (SSSR count). The van der Waals surface area contributed by atoms with Crippen LogP contribution < -0.4 is 4.74 Å². The minimum Gasteiger partial charge on any atom is -0.481 e. The Balaban J connectivity index is 2.17. The highest BCUT2D eigenvalue weighted by Crippen LogP contribution is 2.69. The number of aliphatic carboxylic acids is 1. The van der Waals surface area contributed by atoms with Crippen LogP contribution in [0.5, 0.6) is 5.75 Å². The monoisotopic (exact) mass is 306 g/mol. The number of fused-ring (bicyclic) bond motifs is 3. The Morgan fingerprint density at radius 1 is 1.50 bits per heavy atom. The molecule has 0 spiro atoms. The number of carboxylic acid groups (broad SMARTS) is 1. The molecular formula is C13H10ClF3O3. The summed E-state index contributed by atoms with van der Waals surface area (Å²) in [6.07, 6.45) is -7.12. The summed E-state index contributed by atoms with van der Waals surface area (Å²) < 4.78 is 44.4. The number of hydrogen-bond acceptors (Lipinski definition) is 2. The molecule has 20 heavy (non-hydrogen) atoms. The van der Waals surface area contributed by atoms with Crippen LogP contribution in [0.1, 0.15) is 23.5 Å². The molecular weight excluding hydrogens is 297 g/mol. The number of carbonyl (C=O) groups is 1. The maximum Gasteiger partial charge on any atom is 0.426 e. The number of ether oxygens (including phenoxy) is 1. The largest absolute Gasteiger partial charge is 0.481 e. The highest BCUT2D eigenvalue weighted by molar-refractivity contribution is 6.30. The van der Waals surface area contributed by atoms with Crippen LogP contribution in [0.4, 0.5) is 13.2 Å². The average molecular weight is 307 g/mol. The van der Waals surface area contributed by atoms with Gasteiger partial charge in [-0.2, -0.15) is 13.2 Å². The molecule has 1 aromatic rings. The second-order valence-electron chi connectivity index (χ2n) is 5.28.